The van der Waals surface area contributed by atoms with Crippen molar-refractivity contribution in [1.29, 1.82) is 5.26 Å². The summed E-state index contributed by atoms with van der Waals surface area (Å²) in [7, 11) is 0. The first-order valence-corrected chi connectivity index (χ1v) is 7.33. The highest BCUT2D eigenvalue weighted by Gasteiger charge is 2.03. The van der Waals surface area contributed by atoms with Crippen LogP contribution in [0.2, 0.25) is 0 Å². The highest BCUT2D eigenvalue weighted by molar-refractivity contribution is 9.10. The number of halogens is 1. The Bertz CT molecular complexity index is 832. The number of rotatable bonds is 3. The summed E-state index contributed by atoms with van der Waals surface area (Å²) in [6.07, 6.45) is 1.80. The summed E-state index contributed by atoms with van der Waals surface area (Å²) in [4.78, 5) is 4.44. The third-order valence-electron chi connectivity index (χ3n) is 3.23. The second-order valence-electron chi connectivity index (χ2n) is 4.69. The van der Waals surface area contributed by atoms with Crippen LogP contribution in [0.4, 0.5) is 5.69 Å². The van der Waals surface area contributed by atoms with Crippen LogP contribution in [0.1, 0.15) is 11.1 Å². The van der Waals surface area contributed by atoms with E-state index < -0.39 is 0 Å². The molecule has 0 bridgehead atoms. The number of anilines is 1. The first-order chi connectivity index (χ1) is 10.3. The van der Waals surface area contributed by atoms with Gasteiger partial charge in [-0.05, 0) is 29.8 Å². The Morgan fingerprint density at radius 1 is 1.14 bits per heavy atom. The number of aromatic nitrogens is 1. The summed E-state index contributed by atoms with van der Waals surface area (Å²) in [5.41, 5.74) is 3.67. The highest BCUT2D eigenvalue weighted by atomic mass is 79.9. The fraction of sp³-hybridized carbons (Fsp3) is 0.0588. The smallest absolute Gasteiger partial charge is 0.0992 e. The van der Waals surface area contributed by atoms with Crippen LogP contribution >= 0.6 is 15.9 Å². The van der Waals surface area contributed by atoms with E-state index in [-0.39, 0.29) is 0 Å². The van der Waals surface area contributed by atoms with Crippen molar-refractivity contribution >= 4 is 32.5 Å². The number of nitrogens with one attached hydrogen (secondary N) is 1. The number of para-hydroxylation sites is 1. The van der Waals surface area contributed by atoms with Gasteiger partial charge in [-0.1, -0.05) is 40.2 Å². The lowest BCUT2D eigenvalue weighted by molar-refractivity contribution is 1.15. The van der Waals surface area contributed by atoms with E-state index in [1.807, 2.05) is 24.3 Å². The molecule has 0 aliphatic carbocycles. The normalized spacial score (nSPS) is 10.3. The molecular weight excluding hydrogens is 326 g/mol. The molecule has 102 valence electrons. The summed E-state index contributed by atoms with van der Waals surface area (Å²) < 4.78 is 0.889. The number of hydrogen-bond acceptors (Lipinski definition) is 3. The van der Waals surface area contributed by atoms with E-state index in [1.54, 1.807) is 12.3 Å². The van der Waals surface area contributed by atoms with Crippen molar-refractivity contribution in [2.75, 3.05) is 5.32 Å². The molecule has 0 amide bonds. The van der Waals surface area contributed by atoms with Gasteiger partial charge in [-0.25, -0.2) is 0 Å². The second-order valence-corrected chi connectivity index (χ2v) is 5.60. The molecule has 0 saturated heterocycles. The van der Waals surface area contributed by atoms with Gasteiger partial charge < -0.3 is 5.32 Å². The molecule has 0 fully saturated rings. The lowest BCUT2D eigenvalue weighted by Crippen LogP contribution is -2.01. The fourth-order valence-electron chi connectivity index (χ4n) is 2.26. The molecule has 0 saturated carbocycles. The number of nitrogens with zero attached hydrogens (tertiary/aromatic N) is 2. The molecule has 3 rings (SSSR count). The zero-order chi connectivity index (χ0) is 14.7. The number of fused-ring (bicyclic) bond motifs is 1. The largest absolute Gasteiger partial charge is 0.381 e. The maximum absolute atomic E-state index is 9.00. The zero-order valence-electron chi connectivity index (χ0n) is 11.2. The van der Waals surface area contributed by atoms with Crippen molar-refractivity contribution < 1.29 is 0 Å². The molecule has 3 nitrogen and oxygen atoms in total. The number of hydrogen-bond donors (Lipinski definition) is 1. The Labute approximate surface area is 131 Å². The van der Waals surface area contributed by atoms with E-state index >= 15 is 0 Å². The van der Waals surface area contributed by atoms with Gasteiger partial charge in [-0.2, -0.15) is 5.26 Å². The molecule has 3 aromatic rings. The Morgan fingerprint density at radius 3 is 2.86 bits per heavy atom. The van der Waals surface area contributed by atoms with E-state index in [4.69, 9.17) is 5.26 Å². The van der Waals surface area contributed by atoms with Gasteiger partial charge in [0.2, 0.25) is 0 Å². The summed E-state index contributed by atoms with van der Waals surface area (Å²) in [5.74, 6) is 0. The minimum atomic E-state index is 0.628. The second kappa shape index (κ2) is 5.94. The topological polar surface area (TPSA) is 48.7 Å². The van der Waals surface area contributed by atoms with Gasteiger partial charge in [0.05, 0.1) is 17.1 Å². The Balaban J connectivity index is 1.87. The summed E-state index contributed by atoms with van der Waals surface area (Å²) in [5, 5.41) is 13.5. The van der Waals surface area contributed by atoms with E-state index in [0.29, 0.717) is 12.1 Å². The molecule has 2 aromatic carbocycles. The van der Waals surface area contributed by atoms with Gasteiger partial charge in [0, 0.05) is 28.3 Å². The van der Waals surface area contributed by atoms with Gasteiger partial charge in [0.1, 0.15) is 0 Å². The lowest BCUT2D eigenvalue weighted by atomic mass is 10.1. The maximum Gasteiger partial charge on any atom is 0.0992 e. The monoisotopic (exact) mass is 337 g/mol. The van der Waals surface area contributed by atoms with Crippen LogP contribution in [0.3, 0.4) is 0 Å². The van der Waals surface area contributed by atoms with Crippen molar-refractivity contribution in [1.82, 2.24) is 4.98 Å². The Kier molecular flexibility index (Phi) is 3.85. The first-order valence-electron chi connectivity index (χ1n) is 6.53. The van der Waals surface area contributed by atoms with Crippen LogP contribution in [0.25, 0.3) is 10.9 Å². The fourth-order valence-corrected chi connectivity index (χ4v) is 2.76. The predicted molar refractivity (Wildman–Crippen MR) is 87.9 cm³/mol. The maximum atomic E-state index is 9.00. The van der Waals surface area contributed by atoms with Crippen molar-refractivity contribution in [3.05, 3.63) is 70.3 Å². The van der Waals surface area contributed by atoms with Crippen LogP contribution in [0, 0.1) is 11.3 Å². The van der Waals surface area contributed by atoms with Crippen molar-refractivity contribution in [2.24, 2.45) is 0 Å². The van der Waals surface area contributed by atoms with Crippen LogP contribution in [0.5, 0.6) is 0 Å². The lowest BCUT2D eigenvalue weighted by Gasteiger charge is -2.09. The molecule has 0 radical (unpaired) electrons. The van der Waals surface area contributed by atoms with E-state index in [1.165, 1.54) is 0 Å². The van der Waals surface area contributed by atoms with Crippen molar-refractivity contribution in [3.8, 4) is 6.07 Å². The average molecular weight is 338 g/mol. The molecule has 1 heterocycles. The third-order valence-corrected chi connectivity index (χ3v) is 3.68. The molecule has 0 spiro atoms. The van der Waals surface area contributed by atoms with Crippen LogP contribution in [-0.2, 0) is 6.54 Å². The van der Waals surface area contributed by atoms with E-state index in [0.717, 1.165) is 26.6 Å². The predicted octanol–water partition coefficient (Wildman–Crippen LogP) is 4.48. The summed E-state index contributed by atoms with van der Waals surface area (Å²) >= 11 is 3.42. The molecule has 1 N–H and O–H groups in total. The summed E-state index contributed by atoms with van der Waals surface area (Å²) in [6, 6.07) is 17.9. The number of pyridine rings is 1. The molecule has 0 atom stereocenters. The molecule has 4 heteroatoms. The summed E-state index contributed by atoms with van der Waals surface area (Å²) in [6.45, 7) is 0.662. The van der Waals surface area contributed by atoms with Gasteiger partial charge >= 0.3 is 0 Å². The van der Waals surface area contributed by atoms with Crippen LogP contribution in [0.15, 0.2) is 59.2 Å². The third kappa shape index (κ3) is 3.04. The zero-order valence-corrected chi connectivity index (χ0v) is 12.8. The molecule has 0 aliphatic rings. The Hall–Kier alpha value is -2.38. The van der Waals surface area contributed by atoms with Gasteiger partial charge in [-0.3, -0.25) is 4.98 Å². The van der Waals surface area contributed by atoms with Crippen LogP contribution in [-0.4, -0.2) is 4.98 Å². The molecule has 21 heavy (non-hydrogen) atoms. The Morgan fingerprint density at radius 2 is 2.00 bits per heavy atom. The quantitative estimate of drug-likeness (QED) is 0.766. The molecular formula is C17H12BrN3. The van der Waals surface area contributed by atoms with E-state index in [2.05, 4.69) is 50.5 Å². The number of benzene rings is 2. The SMILES string of the molecule is N#Cc1cc(Br)cc(NCc2cccc3cccnc23)c1. The van der Waals surface area contributed by atoms with Gasteiger partial charge in [-0.15, -0.1) is 0 Å². The van der Waals surface area contributed by atoms with Crippen molar-refractivity contribution in [3.63, 3.8) is 0 Å². The minimum absolute atomic E-state index is 0.628. The molecule has 0 aliphatic heterocycles. The first kappa shape index (κ1) is 13.6. The van der Waals surface area contributed by atoms with Crippen LogP contribution < -0.4 is 5.32 Å². The van der Waals surface area contributed by atoms with Crippen molar-refractivity contribution in [2.45, 2.75) is 6.54 Å². The minimum Gasteiger partial charge on any atom is -0.381 e. The average Bonchev–Trinajstić information content (AvgIpc) is 2.52. The van der Waals surface area contributed by atoms with Gasteiger partial charge in [0.15, 0.2) is 0 Å². The van der Waals surface area contributed by atoms with Gasteiger partial charge in [0.25, 0.3) is 0 Å². The highest BCUT2D eigenvalue weighted by Crippen LogP contribution is 2.21. The molecule has 0 unspecified atom stereocenters. The standard InChI is InChI=1S/C17H12BrN3/c18-15-7-12(10-19)8-16(9-15)21-11-14-4-1-3-13-5-2-6-20-17(13)14/h1-9,21H,11H2. The van der Waals surface area contributed by atoms with E-state index in [9.17, 15) is 0 Å². The number of nitriles is 1. The molecule has 1 aromatic heterocycles.